The van der Waals surface area contributed by atoms with Crippen LogP contribution in [0.4, 0.5) is 0 Å². The summed E-state index contributed by atoms with van der Waals surface area (Å²) in [5.41, 5.74) is 8.58. The zero-order valence-electron chi connectivity index (χ0n) is 11.9. The first-order chi connectivity index (χ1) is 8.93. The van der Waals surface area contributed by atoms with Gasteiger partial charge in [0.15, 0.2) is 0 Å². The molecule has 0 aliphatic carbocycles. The van der Waals surface area contributed by atoms with E-state index >= 15 is 0 Å². The predicted octanol–water partition coefficient (Wildman–Crippen LogP) is 2.47. The highest BCUT2D eigenvalue weighted by atomic mass is 32.2. The summed E-state index contributed by atoms with van der Waals surface area (Å²) in [6, 6.07) is 8.56. The Morgan fingerprint density at radius 2 is 1.79 bits per heavy atom. The quantitative estimate of drug-likeness (QED) is 0.797. The number of hydrogen-bond donors (Lipinski definition) is 1. The van der Waals surface area contributed by atoms with Crippen LogP contribution < -0.4 is 5.73 Å². The van der Waals surface area contributed by atoms with Crippen LogP contribution in [-0.4, -0.2) is 26.0 Å². The third-order valence-electron chi connectivity index (χ3n) is 3.39. The van der Waals surface area contributed by atoms with Crippen molar-refractivity contribution in [1.82, 2.24) is 0 Å². The van der Waals surface area contributed by atoms with E-state index in [2.05, 4.69) is 31.2 Å². The minimum atomic E-state index is -2.84. The van der Waals surface area contributed by atoms with Gasteiger partial charge in [0.1, 0.15) is 9.84 Å². The third-order valence-corrected chi connectivity index (χ3v) is 5.18. The van der Waals surface area contributed by atoms with E-state index in [0.29, 0.717) is 6.42 Å². The molecule has 0 amide bonds. The summed E-state index contributed by atoms with van der Waals surface area (Å²) < 4.78 is 22.7. The molecule has 0 fully saturated rings. The maximum atomic E-state index is 11.4. The first-order valence-corrected chi connectivity index (χ1v) is 8.76. The van der Waals surface area contributed by atoms with Gasteiger partial charge in [0, 0.05) is 11.8 Å². The predicted molar refractivity (Wildman–Crippen MR) is 81.0 cm³/mol. The lowest BCUT2D eigenvalue weighted by Gasteiger charge is -2.11. The summed E-state index contributed by atoms with van der Waals surface area (Å²) >= 11 is 0. The van der Waals surface area contributed by atoms with Gasteiger partial charge in [-0.1, -0.05) is 36.8 Å². The molecular weight excluding hydrogens is 258 g/mol. The second-order valence-electron chi connectivity index (χ2n) is 5.16. The molecule has 0 aliphatic rings. The van der Waals surface area contributed by atoms with Gasteiger partial charge in [-0.3, -0.25) is 0 Å². The monoisotopic (exact) mass is 283 g/mol. The second kappa shape index (κ2) is 7.65. The Morgan fingerprint density at radius 3 is 2.37 bits per heavy atom. The normalized spacial score (nSPS) is 13.4. The maximum Gasteiger partial charge on any atom is 0.150 e. The minimum absolute atomic E-state index is 0.0911. The van der Waals surface area contributed by atoms with Crippen molar-refractivity contribution in [2.45, 2.75) is 45.6 Å². The molecule has 0 saturated carbocycles. The van der Waals surface area contributed by atoms with Crippen LogP contribution >= 0.6 is 0 Å². The number of hydrogen-bond acceptors (Lipinski definition) is 3. The molecule has 0 aliphatic heterocycles. The Kier molecular flexibility index (Phi) is 6.52. The van der Waals surface area contributed by atoms with Crippen LogP contribution in [0.2, 0.25) is 0 Å². The fourth-order valence-corrected chi connectivity index (χ4v) is 2.86. The van der Waals surface area contributed by atoms with E-state index in [1.165, 1.54) is 11.1 Å². The Morgan fingerprint density at radius 1 is 1.16 bits per heavy atom. The fourth-order valence-electron chi connectivity index (χ4n) is 1.96. The second-order valence-corrected chi connectivity index (χ2v) is 7.64. The van der Waals surface area contributed by atoms with Crippen molar-refractivity contribution < 1.29 is 8.42 Å². The van der Waals surface area contributed by atoms with E-state index in [0.717, 1.165) is 19.3 Å². The highest BCUT2D eigenvalue weighted by Gasteiger charge is 2.09. The lowest BCUT2D eigenvalue weighted by Crippen LogP contribution is -2.22. The zero-order chi connectivity index (χ0) is 14.3. The summed E-state index contributed by atoms with van der Waals surface area (Å²) in [5.74, 6) is 0.493. The van der Waals surface area contributed by atoms with Gasteiger partial charge < -0.3 is 5.73 Å². The first-order valence-electron chi connectivity index (χ1n) is 6.94. The molecule has 1 aromatic rings. The SMILES string of the molecule is CCS(=O)(=O)CCCC(N)CCc1ccc(C)cc1. The lowest BCUT2D eigenvalue weighted by atomic mass is 10.0. The van der Waals surface area contributed by atoms with Crippen molar-refractivity contribution in [2.24, 2.45) is 5.73 Å². The Labute approximate surface area is 117 Å². The van der Waals surface area contributed by atoms with E-state index in [-0.39, 0.29) is 17.5 Å². The Balaban J connectivity index is 2.24. The van der Waals surface area contributed by atoms with Crippen molar-refractivity contribution >= 4 is 9.84 Å². The molecule has 3 nitrogen and oxygen atoms in total. The molecule has 19 heavy (non-hydrogen) atoms. The number of benzene rings is 1. The molecule has 1 unspecified atom stereocenters. The van der Waals surface area contributed by atoms with E-state index in [4.69, 9.17) is 5.73 Å². The van der Waals surface area contributed by atoms with Crippen molar-refractivity contribution in [3.05, 3.63) is 35.4 Å². The van der Waals surface area contributed by atoms with E-state index in [9.17, 15) is 8.42 Å². The van der Waals surface area contributed by atoms with Crippen LogP contribution in [0.5, 0.6) is 0 Å². The molecule has 0 radical (unpaired) electrons. The van der Waals surface area contributed by atoms with E-state index < -0.39 is 9.84 Å². The molecule has 0 aromatic heterocycles. The maximum absolute atomic E-state index is 11.4. The van der Waals surface area contributed by atoms with Crippen LogP contribution in [0.3, 0.4) is 0 Å². The molecule has 4 heteroatoms. The molecule has 1 rings (SSSR count). The molecular formula is C15H25NO2S. The number of nitrogens with two attached hydrogens (primary N) is 1. The Bertz CT molecular complexity index is 465. The zero-order valence-corrected chi connectivity index (χ0v) is 12.7. The standard InChI is InChI=1S/C15H25NO2S/c1-3-19(17,18)12-4-5-15(16)11-10-14-8-6-13(2)7-9-14/h6-9,15H,3-5,10-12,16H2,1-2H3. The highest BCUT2D eigenvalue weighted by Crippen LogP contribution is 2.09. The van der Waals surface area contributed by atoms with Crippen LogP contribution in [-0.2, 0) is 16.3 Å². The van der Waals surface area contributed by atoms with Crippen molar-refractivity contribution in [2.75, 3.05) is 11.5 Å². The molecule has 108 valence electrons. The van der Waals surface area contributed by atoms with Crippen molar-refractivity contribution in [3.63, 3.8) is 0 Å². The summed E-state index contributed by atoms with van der Waals surface area (Å²) in [7, 11) is -2.84. The number of sulfone groups is 1. The van der Waals surface area contributed by atoms with Gasteiger partial charge in [-0.05, 0) is 38.2 Å². The molecule has 2 N–H and O–H groups in total. The summed E-state index contributed by atoms with van der Waals surface area (Å²) in [6.45, 7) is 3.76. The topological polar surface area (TPSA) is 60.2 Å². The van der Waals surface area contributed by atoms with Crippen LogP contribution in [0, 0.1) is 6.92 Å². The van der Waals surface area contributed by atoms with Gasteiger partial charge in [0.25, 0.3) is 0 Å². The largest absolute Gasteiger partial charge is 0.328 e. The third kappa shape index (κ3) is 6.73. The van der Waals surface area contributed by atoms with Crippen molar-refractivity contribution in [3.8, 4) is 0 Å². The van der Waals surface area contributed by atoms with E-state index in [1.807, 2.05) is 0 Å². The van der Waals surface area contributed by atoms with Crippen LogP contribution in [0.25, 0.3) is 0 Å². The summed E-state index contributed by atoms with van der Waals surface area (Å²) in [5, 5.41) is 0. The number of aryl methyl sites for hydroxylation is 2. The molecule has 0 spiro atoms. The van der Waals surface area contributed by atoms with Gasteiger partial charge in [-0.15, -0.1) is 0 Å². The van der Waals surface area contributed by atoms with Crippen LogP contribution in [0.1, 0.15) is 37.3 Å². The number of rotatable bonds is 8. The molecule has 0 saturated heterocycles. The average Bonchev–Trinajstić information content (AvgIpc) is 2.38. The van der Waals surface area contributed by atoms with Gasteiger partial charge in [0.2, 0.25) is 0 Å². The van der Waals surface area contributed by atoms with Gasteiger partial charge in [-0.2, -0.15) is 0 Å². The lowest BCUT2D eigenvalue weighted by molar-refractivity contribution is 0.552. The fraction of sp³-hybridized carbons (Fsp3) is 0.600. The molecule has 1 atom stereocenters. The van der Waals surface area contributed by atoms with Crippen molar-refractivity contribution in [1.29, 1.82) is 0 Å². The first kappa shape index (κ1) is 16.2. The molecule has 1 aromatic carbocycles. The molecule has 0 heterocycles. The van der Waals surface area contributed by atoms with Gasteiger partial charge in [0.05, 0.1) is 5.75 Å². The summed E-state index contributed by atoms with van der Waals surface area (Å²) in [6.07, 6.45) is 3.33. The van der Waals surface area contributed by atoms with E-state index in [1.54, 1.807) is 6.92 Å². The summed E-state index contributed by atoms with van der Waals surface area (Å²) in [4.78, 5) is 0. The smallest absolute Gasteiger partial charge is 0.150 e. The minimum Gasteiger partial charge on any atom is -0.328 e. The Hall–Kier alpha value is -0.870. The highest BCUT2D eigenvalue weighted by molar-refractivity contribution is 7.91. The van der Waals surface area contributed by atoms with Gasteiger partial charge in [-0.25, -0.2) is 8.42 Å². The molecule has 0 bridgehead atoms. The average molecular weight is 283 g/mol. The van der Waals surface area contributed by atoms with Crippen LogP contribution in [0.15, 0.2) is 24.3 Å². The van der Waals surface area contributed by atoms with Gasteiger partial charge >= 0.3 is 0 Å².